The number of hydrogen-bond donors (Lipinski definition) is 2. The van der Waals surface area contributed by atoms with Crippen molar-refractivity contribution in [2.24, 2.45) is 0 Å². The van der Waals surface area contributed by atoms with Crippen molar-refractivity contribution in [1.82, 2.24) is 14.5 Å². The van der Waals surface area contributed by atoms with Gasteiger partial charge in [-0.15, -0.1) is 0 Å². The Hall–Kier alpha value is -2.08. The zero-order valence-corrected chi connectivity index (χ0v) is 12.4. The Labute approximate surface area is 123 Å². The molecule has 2 N–H and O–H groups in total. The first-order valence-electron chi connectivity index (χ1n) is 7.25. The van der Waals surface area contributed by atoms with Crippen molar-refractivity contribution < 1.29 is 9.90 Å². The number of aromatic nitrogens is 2. The number of likely N-dealkylation sites (N-methyl/N-ethyl adjacent to an activating group) is 1. The van der Waals surface area contributed by atoms with Gasteiger partial charge in [-0.2, -0.15) is 0 Å². The summed E-state index contributed by atoms with van der Waals surface area (Å²) in [5.74, 6) is -0.995. The lowest BCUT2D eigenvalue weighted by molar-refractivity contribution is 0.0697. The highest BCUT2D eigenvalue weighted by atomic mass is 16.4. The lowest BCUT2D eigenvalue weighted by atomic mass is 10.2. The summed E-state index contributed by atoms with van der Waals surface area (Å²) in [7, 11) is 0. The predicted octanol–water partition coefficient (Wildman–Crippen LogP) is 1.76. The number of H-pyrrole nitrogens is 1. The Balaban J connectivity index is 2.26. The van der Waals surface area contributed by atoms with Crippen LogP contribution in [-0.4, -0.2) is 45.2 Å². The summed E-state index contributed by atoms with van der Waals surface area (Å²) in [5, 5.41) is 8.98. The van der Waals surface area contributed by atoms with Gasteiger partial charge in [0.2, 0.25) is 0 Å². The summed E-state index contributed by atoms with van der Waals surface area (Å²) >= 11 is 0. The van der Waals surface area contributed by atoms with Crippen molar-refractivity contribution in [2.45, 2.75) is 26.8 Å². The molecule has 0 bridgehead atoms. The van der Waals surface area contributed by atoms with Crippen molar-refractivity contribution >= 4 is 17.0 Å². The van der Waals surface area contributed by atoms with Crippen LogP contribution < -0.4 is 5.69 Å². The minimum atomic E-state index is -0.995. The topological polar surface area (TPSA) is 78.3 Å². The van der Waals surface area contributed by atoms with Crippen LogP contribution in [-0.2, 0) is 6.54 Å². The molecule has 6 heteroatoms. The lowest BCUT2D eigenvalue weighted by Gasteiger charge is -2.19. The van der Waals surface area contributed by atoms with Gasteiger partial charge in [0.25, 0.3) is 0 Å². The number of carboxylic acids is 1. The molecule has 0 atom stereocenters. The highest BCUT2D eigenvalue weighted by Gasteiger charge is 2.11. The second kappa shape index (κ2) is 6.58. The van der Waals surface area contributed by atoms with Gasteiger partial charge in [0.15, 0.2) is 0 Å². The Morgan fingerprint density at radius 1 is 1.33 bits per heavy atom. The molecule has 21 heavy (non-hydrogen) atoms. The van der Waals surface area contributed by atoms with Crippen LogP contribution in [0.15, 0.2) is 23.0 Å². The van der Waals surface area contributed by atoms with Crippen LogP contribution in [0.3, 0.4) is 0 Å². The van der Waals surface area contributed by atoms with Crippen LogP contribution in [0, 0.1) is 0 Å². The van der Waals surface area contributed by atoms with Crippen LogP contribution in [0.5, 0.6) is 0 Å². The summed E-state index contributed by atoms with van der Waals surface area (Å²) in [4.78, 5) is 28.0. The zero-order valence-electron chi connectivity index (χ0n) is 12.4. The molecule has 0 aliphatic rings. The maximum atomic E-state index is 12.0. The van der Waals surface area contributed by atoms with Crippen molar-refractivity contribution in [1.29, 1.82) is 0 Å². The van der Waals surface area contributed by atoms with E-state index in [2.05, 4.69) is 23.7 Å². The van der Waals surface area contributed by atoms with E-state index in [-0.39, 0.29) is 11.3 Å². The number of aromatic amines is 1. The third-order valence-corrected chi connectivity index (χ3v) is 3.65. The van der Waals surface area contributed by atoms with E-state index >= 15 is 0 Å². The van der Waals surface area contributed by atoms with E-state index in [4.69, 9.17) is 5.11 Å². The van der Waals surface area contributed by atoms with Gasteiger partial charge in [-0.25, -0.2) is 9.59 Å². The number of imidazole rings is 1. The molecule has 0 aliphatic carbocycles. The standard InChI is InChI=1S/C15H21N3O3/c1-3-7-17(4-2)8-9-18-13-6-5-11(14(19)20)10-12(13)16-15(18)21/h5-6,10H,3-4,7-9H2,1-2H3,(H,16,21)(H,19,20). The fourth-order valence-electron chi connectivity index (χ4n) is 2.50. The van der Waals surface area contributed by atoms with Crippen molar-refractivity contribution in [3.63, 3.8) is 0 Å². The molecule has 1 heterocycles. The number of aromatic carboxylic acids is 1. The number of nitrogens with zero attached hydrogens (tertiary/aromatic N) is 2. The van der Waals surface area contributed by atoms with E-state index in [1.54, 1.807) is 10.6 Å². The van der Waals surface area contributed by atoms with Crippen molar-refractivity contribution in [2.75, 3.05) is 19.6 Å². The van der Waals surface area contributed by atoms with Crippen LogP contribution in [0.4, 0.5) is 0 Å². The Morgan fingerprint density at radius 3 is 2.71 bits per heavy atom. The first kappa shape index (κ1) is 15.3. The van der Waals surface area contributed by atoms with Gasteiger partial charge in [-0.05, 0) is 37.7 Å². The van der Waals surface area contributed by atoms with Crippen LogP contribution >= 0.6 is 0 Å². The number of benzene rings is 1. The predicted molar refractivity (Wildman–Crippen MR) is 81.9 cm³/mol. The number of fused-ring (bicyclic) bond motifs is 1. The summed E-state index contributed by atoms with van der Waals surface area (Å²) in [5.41, 5.74) is 1.30. The zero-order chi connectivity index (χ0) is 15.4. The molecule has 2 aromatic rings. The minimum absolute atomic E-state index is 0.178. The molecule has 0 spiro atoms. The van der Waals surface area contributed by atoms with Crippen LogP contribution in [0.1, 0.15) is 30.6 Å². The molecule has 0 aliphatic heterocycles. The maximum absolute atomic E-state index is 12.0. The molecule has 0 amide bonds. The Kier molecular flexibility index (Phi) is 4.80. The monoisotopic (exact) mass is 291 g/mol. The summed E-state index contributed by atoms with van der Waals surface area (Å²) in [6.45, 7) is 7.60. The second-order valence-electron chi connectivity index (χ2n) is 5.05. The number of nitrogens with one attached hydrogen (secondary N) is 1. The fraction of sp³-hybridized carbons (Fsp3) is 0.467. The van der Waals surface area contributed by atoms with Gasteiger partial charge in [0, 0.05) is 13.1 Å². The Bertz CT molecular complexity index is 687. The molecular weight excluding hydrogens is 270 g/mol. The average Bonchev–Trinajstić information content (AvgIpc) is 2.78. The number of hydrogen-bond acceptors (Lipinski definition) is 3. The first-order valence-corrected chi connectivity index (χ1v) is 7.25. The fourth-order valence-corrected chi connectivity index (χ4v) is 2.50. The molecule has 1 aromatic heterocycles. The number of carbonyl (C=O) groups is 1. The van der Waals surface area contributed by atoms with Gasteiger partial charge < -0.3 is 15.0 Å². The molecule has 6 nitrogen and oxygen atoms in total. The molecule has 1 aromatic carbocycles. The summed E-state index contributed by atoms with van der Waals surface area (Å²) in [6, 6.07) is 4.71. The maximum Gasteiger partial charge on any atom is 0.335 e. The quantitative estimate of drug-likeness (QED) is 0.815. The normalized spacial score (nSPS) is 11.4. The van der Waals surface area contributed by atoms with Gasteiger partial charge in [-0.3, -0.25) is 4.57 Å². The van der Waals surface area contributed by atoms with E-state index < -0.39 is 5.97 Å². The van der Waals surface area contributed by atoms with Gasteiger partial charge in [0.05, 0.1) is 16.6 Å². The van der Waals surface area contributed by atoms with Gasteiger partial charge >= 0.3 is 11.7 Å². The molecule has 2 rings (SSSR count). The first-order chi connectivity index (χ1) is 10.1. The van der Waals surface area contributed by atoms with Crippen molar-refractivity contribution in [3.05, 3.63) is 34.2 Å². The molecule has 0 unspecified atom stereocenters. The van der Waals surface area contributed by atoms with E-state index in [0.717, 1.165) is 31.6 Å². The van der Waals surface area contributed by atoms with Gasteiger partial charge in [0.1, 0.15) is 0 Å². The molecule has 0 fully saturated rings. The Morgan fingerprint density at radius 2 is 2.10 bits per heavy atom. The summed E-state index contributed by atoms with van der Waals surface area (Å²) < 4.78 is 1.67. The van der Waals surface area contributed by atoms with Crippen molar-refractivity contribution in [3.8, 4) is 0 Å². The lowest BCUT2D eigenvalue weighted by Crippen LogP contribution is -2.30. The smallest absolute Gasteiger partial charge is 0.335 e. The van der Waals surface area contributed by atoms with Crippen LogP contribution in [0.25, 0.3) is 11.0 Å². The third-order valence-electron chi connectivity index (χ3n) is 3.65. The van der Waals surface area contributed by atoms with E-state index in [9.17, 15) is 9.59 Å². The van der Waals surface area contributed by atoms with Gasteiger partial charge in [-0.1, -0.05) is 13.8 Å². The van der Waals surface area contributed by atoms with E-state index in [1.165, 1.54) is 12.1 Å². The van der Waals surface area contributed by atoms with E-state index in [1.807, 2.05) is 0 Å². The van der Waals surface area contributed by atoms with Crippen LogP contribution in [0.2, 0.25) is 0 Å². The molecular formula is C15H21N3O3. The highest BCUT2D eigenvalue weighted by molar-refractivity contribution is 5.92. The molecule has 0 radical (unpaired) electrons. The highest BCUT2D eigenvalue weighted by Crippen LogP contribution is 2.13. The number of rotatable bonds is 7. The largest absolute Gasteiger partial charge is 0.478 e. The van der Waals surface area contributed by atoms with E-state index in [0.29, 0.717) is 12.1 Å². The minimum Gasteiger partial charge on any atom is -0.478 e. The molecule has 0 saturated carbocycles. The average molecular weight is 291 g/mol. The SMILES string of the molecule is CCCN(CC)CCn1c(=O)[nH]c2cc(C(=O)O)ccc21. The third kappa shape index (κ3) is 3.33. The number of carboxylic acid groups (broad SMARTS) is 1. The second-order valence-corrected chi connectivity index (χ2v) is 5.05. The molecule has 0 saturated heterocycles. The molecule has 114 valence electrons. The summed E-state index contributed by atoms with van der Waals surface area (Å²) in [6.07, 6.45) is 1.08.